The van der Waals surface area contributed by atoms with Gasteiger partial charge in [0.2, 0.25) is 5.65 Å². The minimum absolute atomic E-state index is 0.188. The summed E-state index contributed by atoms with van der Waals surface area (Å²) in [5.74, 6) is 0.854. The molecule has 0 aliphatic rings. The Labute approximate surface area is 135 Å². The summed E-state index contributed by atoms with van der Waals surface area (Å²) in [6.45, 7) is 0. The zero-order valence-electron chi connectivity index (χ0n) is 12.9. The van der Waals surface area contributed by atoms with E-state index in [2.05, 4.69) is 21.0 Å². The summed E-state index contributed by atoms with van der Waals surface area (Å²) in [6, 6.07) is 8.06. The predicted octanol–water partition coefficient (Wildman–Crippen LogP) is 1.61. The number of aromatic nitrogens is 5. The molecule has 0 aliphatic heterocycles. The molecular formula is C18H13N5O. The molecule has 5 aromatic rings. The lowest BCUT2D eigenvalue weighted by molar-refractivity contribution is 0.897. The van der Waals surface area contributed by atoms with Gasteiger partial charge in [-0.25, -0.2) is 9.97 Å². The Bertz CT molecular complexity index is 1340. The van der Waals surface area contributed by atoms with Crippen LogP contribution in [0.1, 0.15) is 5.82 Å². The molecular weight excluding hydrogens is 302 g/mol. The van der Waals surface area contributed by atoms with Gasteiger partial charge in [0.25, 0.3) is 5.56 Å². The summed E-state index contributed by atoms with van der Waals surface area (Å²) in [6.07, 6.45) is 9.19. The van der Waals surface area contributed by atoms with Gasteiger partial charge in [-0.3, -0.25) is 9.20 Å². The van der Waals surface area contributed by atoms with Gasteiger partial charge in [-0.05, 0) is 11.5 Å². The molecule has 0 amide bonds. The van der Waals surface area contributed by atoms with E-state index >= 15 is 0 Å². The first-order valence-corrected chi connectivity index (χ1v) is 7.62. The second-order valence-corrected chi connectivity index (χ2v) is 5.80. The average Bonchev–Trinajstić information content (AvgIpc) is 3.28. The monoisotopic (exact) mass is 315 g/mol. The van der Waals surface area contributed by atoms with E-state index in [0.29, 0.717) is 5.65 Å². The van der Waals surface area contributed by atoms with Crippen LogP contribution in [-0.4, -0.2) is 23.9 Å². The SMILES string of the molecule is Cn1ccnc1C=c1c2ccccc2c2[nH]c(=O)c3nccn3c12. The Morgan fingerprint density at radius 3 is 2.67 bits per heavy atom. The molecule has 0 unspecified atom stereocenters. The van der Waals surface area contributed by atoms with Gasteiger partial charge in [0.15, 0.2) is 0 Å². The normalized spacial score (nSPS) is 12.8. The third-order valence-corrected chi connectivity index (χ3v) is 4.43. The van der Waals surface area contributed by atoms with Gasteiger partial charge in [-0.15, -0.1) is 0 Å². The van der Waals surface area contributed by atoms with E-state index in [9.17, 15) is 4.79 Å². The van der Waals surface area contributed by atoms with Gasteiger partial charge in [-0.2, -0.15) is 0 Å². The fraction of sp³-hybridized carbons (Fsp3) is 0.0556. The fourth-order valence-electron chi connectivity index (χ4n) is 3.32. The Morgan fingerprint density at radius 2 is 1.88 bits per heavy atom. The van der Waals surface area contributed by atoms with Crippen LogP contribution in [0.25, 0.3) is 33.5 Å². The fourth-order valence-corrected chi connectivity index (χ4v) is 3.32. The third-order valence-electron chi connectivity index (χ3n) is 4.43. The molecule has 0 aliphatic carbocycles. The van der Waals surface area contributed by atoms with Gasteiger partial charge >= 0.3 is 0 Å². The highest BCUT2D eigenvalue weighted by Crippen LogP contribution is 2.22. The number of nitrogens with zero attached hydrogens (tertiary/aromatic N) is 4. The van der Waals surface area contributed by atoms with Crippen molar-refractivity contribution in [3.05, 3.63) is 70.4 Å². The molecule has 0 spiro atoms. The maximum Gasteiger partial charge on any atom is 0.292 e. The van der Waals surface area contributed by atoms with Crippen LogP contribution in [-0.2, 0) is 7.05 Å². The van der Waals surface area contributed by atoms with Gasteiger partial charge in [0, 0.05) is 42.4 Å². The number of rotatable bonds is 1. The quantitative estimate of drug-likeness (QED) is 0.511. The van der Waals surface area contributed by atoms with Crippen molar-refractivity contribution in [1.29, 1.82) is 0 Å². The number of aryl methyl sites for hydroxylation is 1. The van der Waals surface area contributed by atoms with Crippen LogP contribution in [0.15, 0.2) is 53.8 Å². The number of hydrogen-bond donors (Lipinski definition) is 1. The third kappa shape index (κ3) is 1.62. The lowest BCUT2D eigenvalue weighted by atomic mass is 10.2. The van der Waals surface area contributed by atoms with Crippen molar-refractivity contribution in [3.8, 4) is 0 Å². The molecule has 2 aromatic carbocycles. The van der Waals surface area contributed by atoms with E-state index in [-0.39, 0.29) is 5.56 Å². The minimum Gasteiger partial charge on any atom is -0.335 e. The molecule has 0 fully saturated rings. The Hall–Kier alpha value is -3.41. The van der Waals surface area contributed by atoms with Crippen molar-refractivity contribution in [2.24, 2.45) is 7.05 Å². The summed E-state index contributed by atoms with van der Waals surface area (Å²) >= 11 is 0. The number of benzene rings is 1. The predicted molar refractivity (Wildman–Crippen MR) is 92.8 cm³/mol. The second kappa shape index (κ2) is 4.55. The van der Waals surface area contributed by atoms with E-state index in [1.807, 2.05) is 52.7 Å². The average molecular weight is 315 g/mol. The number of hydrogen-bond acceptors (Lipinski definition) is 3. The van der Waals surface area contributed by atoms with Crippen LogP contribution < -0.4 is 10.8 Å². The van der Waals surface area contributed by atoms with E-state index in [4.69, 9.17) is 0 Å². The lowest BCUT2D eigenvalue weighted by Crippen LogP contribution is -2.13. The zero-order chi connectivity index (χ0) is 16.3. The maximum atomic E-state index is 12.3. The highest BCUT2D eigenvalue weighted by molar-refractivity contribution is 6.09. The first kappa shape index (κ1) is 13.1. The molecule has 116 valence electrons. The Morgan fingerprint density at radius 1 is 1.08 bits per heavy atom. The van der Waals surface area contributed by atoms with Crippen LogP contribution in [0.3, 0.4) is 0 Å². The van der Waals surface area contributed by atoms with Crippen molar-refractivity contribution >= 4 is 33.5 Å². The molecule has 6 heteroatoms. The highest BCUT2D eigenvalue weighted by Gasteiger charge is 2.14. The largest absolute Gasteiger partial charge is 0.335 e. The number of H-pyrrole nitrogens is 1. The molecule has 1 N–H and O–H groups in total. The van der Waals surface area contributed by atoms with Crippen molar-refractivity contribution in [3.63, 3.8) is 0 Å². The Kier molecular flexibility index (Phi) is 2.48. The van der Waals surface area contributed by atoms with Crippen molar-refractivity contribution in [1.82, 2.24) is 23.9 Å². The van der Waals surface area contributed by atoms with Crippen LogP contribution in [0.4, 0.5) is 0 Å². The van der Waals surface area contributed by atoms with Gasteiger partial charge < -0.3 is 9.55 Å². The Balaban J connectivity index is 2.12. The summed E-state index contributed by atoms with van der Waals surface area (Å²) < 4.78 is 3.81. The van der Waals surface area contributed by atoms with E-state index in [1.165, 1.54) is 0 Å². The molecule has 5 rings (SSSR count). The second-order valence-electron chi connectivity index (χ2n) is 5.80. The number of fused-ring (bicyclic) bond motifs is 5. The summed E-state index contributed by atoms with van der Waals surface area (Å²) in [7, 11) is 1.96. The first-order chi connectivity index (χ1) is 11.7. The van der Waals surface area contributed by atoms with Crippen LogP contribution in [0.2, 0.25) is 0 Å². The molecule has 0 saturated carbocycles. The first-order valence-electron chi connectivity index (χ1n) is 7.62. The standard InChI is InChI=1S/C18H13N5O/c1-22-8-6-19-14(22)10-13-11-4-2-3-5-12(11)15-16(13)23-9-7-20-17(23)18(24)21-15/h2-10H,1H3,(H,21,24). The molecule has 3 aromatic heterocycles. The molecule has 0 radical (unpaired) electrons. The van der Waals surface area contributed by atoms with Crippen LogP contribution >= 0.6 is 0 Å². The van der Waals surface area contributed by atoms with Gasteiger partial charge in [0.1, 0.15) is 5.82 Å². The number of nitrogens with one attached hydrogen (secondary N) is 1. The zero-order valence-corrected chi connectivity index (χ0v) is 12.9. The topological polar surface area (TPSA) is 68.0 Å². The smallest absolute Gasteiger partial charge is 0.292 e. The molecule has 0 bridgehead atoms. The molecule has 0 atom stereocenters. The highest BCUT2D eigenvalue weighted by atomic mass is 16.1. The van der Waals surface area contributed by atoms with Gasteiger partial charge in [-0.1, -0.05) is 24.3 Å². The van der Waals surface area contributed by atoms with E-state index < -0.39 is 0 Å². The van der Waals surface area contributed by atoms with Crippen LogP contribution in [0.5, 0.6) is 0 Å². The van der Waals surface area contributed by atoms with Crippen molar-refractivity contribution in [2.75, 3.05) is 0 Å². The van der Waals surface area contributed by atoms with Crippen molar-refractivity contribution < 1.29 is 0 Å². The lowest BCUT2D eigenvalue weighted by Gasteiger charge is -1.98. The summed E-state index contributed by atoms with van der Waals surface area (Å²) in [5.41, 5.74) is 1.96. The van der Waals surface area contributed by atoms with E-state index in [0.717, 1.165) is 32.8 Å². The molecule has 0 saturated heterocycles. The molecule has 3 heterocycles. The molecule has 6 nitrogen and oxygen atoms in total. The van der Waals surface area contributed by atoms with Gasteiger partial charge in [0.05, 0.1) is 11.0 Å². The minimum atomic E-state index is -0.188. The summed E-state index contributed by atoms with van der Waals surface area (Å²) in [4.78, 5) is 23.9. The van der Waals surface area contributed by atoms with E-state index in [1.54, 1.807) is 12.4 Å². The van der Waals surface area contributed by atoms with Crippen molar-refractivity contribution in [2.45, 2.75) is 0 Å². The van der Waals surface area contributed by atoms with Crippen LogP contribution in [0, 0.1) is 0 Å². The summed E-state index contributed by atoms with van der Waals surface area (Å²) in [5, 5.41) is 3.11. The molecule has 24 heavy (non-hydrogen) atoms. The number of aromatic amines is 1. The maximum absolute atomic E-state index is 12.3. The number of imidazole rings is 2.